The van der Waals surface area contributed by atoms with Gasteiger partial charge in [-0.3, -0.25) is 4.90 Å². The molecule has 0 spiro atoms. The lowest BCUT2D eigenvalue weighted by atomic mass is 9.74. The van der Waals surface area contributed by atoms with Gasteiger partial charge in [0.05, 0.1) is 18.6 Å². The largest absolute Gasteiger partial charge is 0.497 e. The molecule has 2 heterocycles. The van der Waals surface area contributed by atoms with Gasteiger partial charge in [0.1, 0.15) is 5.75 Å². The summed E-state index contributed by atoms with van der Waals surface area (Å²) < 4.78 is 33.7. The van der Waals surface area contributed by atoms with Crippen molar-refractivity contribution >= 4 is 16.1 Å². The van der Waals surface area contributed by atoms with Gasteiger partial charge in [-0.2, -0.15) is 4.31 Å². The van der Waals surface area contributed by atoms with Crippen molar-refractivity contribution < 1.29 is 18.3 Å². The van der Waals surface area contributed by atoms with Crippen molar-refractivity contribution in [3.8, 4) is 5.75 Å². The Kier molecular flexibility index (Phi) is 7.00. The van der Waals surface area contributed by atoms with Crippen molar-refractivity contribution in [3.05, 3.63) is 65.7 Å². The predicted molar refractivity (Wildman–Crippen MR) is 126 cm³/mol. The van der Waals surface area contributed by atoms with Crippen LogP contribution in [0, 0.1) is 0 Å². The van der Waals surface area contributed by atoms with Crippen LogP contribution in [0.1, 0.15) is 36.8 Å². The summed E-state index contributed by atoms with van der Waals surface area (Å²) in [4.78, 5) is 2.58. The molecule has 2 aliphatic heterocycles. The molecule has 6 nitrogen and oxygen atoms in total. The summed E-state index contributed by atoms with van der Waals surface area (Å²) >= 11 is 0. The van der Waals surface area contributed by atoms with Crippen molar-refractivity contribution in [2.75, 3.05) is 33.4 Å². The highest BCUT2D eigenvalue weighted by Gasteiger charge is 2.50. The van der Waals surface area contributed by atoms with Gasteiger partial charge in [0.25, 0.3) is 0 Å². The molecule has 1 N–H and O–H groups in total. The number of hydrogen-bond donors (Lipinski definition) is 1. The fourth-order valence-corrected chi connectivity index (χ4v) is 6.54. The van der Waals surface area contributed by atoms with Crippen LogP contribution in [-0.2, 0) is 10.0 Å². The molecule has 2 fully saturated rings. The summed E-state index contributed by atoms with van der Waals surface area (Å²) in [5.74, 6) is 0.736. The highest BCUT2D eigenvalue weighted by atomic mass is 32.2. The van der Waals surface area contributed by atoms with Crippen molar-refractivity contribution in [2.24, 2.45) is 0 Å². The van der Waals surface area contributed by atoms with Crippen molar-refractivity contribution in [2.45, 2.75) is 42.7 Å². The molecular weight excluding hydrogens is 424 g/mol. The zero-order valence-corrected chi connectivity index (χ0v) is 19.5. The van der Waals surface area contributed by atoms with Gasteiger partial charge < -0.3 is 9.84 Å². The third-order valence-corrected chi connectivity index (χ3v) is 8.59. The number of sulfonamides is 1. The van der Waals surface area contributed by atoms with E-state index in [2.05, 4.69) is 35.2 Å². The number of aliphatic hydroxyl groups is 1. The third-order valence-electron chi connectivity index (χ3n) is 6.71. The number of nitrogens with zero attached hydrogens (tertiary/aromatic N) is 2. The minimum Gasteiger partial charge on any atom is -0.497 e. The SMILES string of the molecule is C/C=C/c1ccc([C@@H]2[C@@H](CO)N3CCCCN(S(=O)(=O)c4ccc(OC)cc4)C[C@H]23)cc1. The van der Waals surface area contributed by atoms with Crippen LogP contribution >= 0.6 is 0 Å². The van der Waals surface area contributed by atoms with Gasteiger partial charge in [-0.1, -0.05) is 36.4 Å². The molecule has 0 radical (unpaired) electrons. The lowest BCUT2D eigenvalue weighted by Gasteiger charge is -2.57. The lowest BCUT2D eigenvalue weighted by molar-refractivity contribution is -0.0553. The first kappa shape index (κ1) is 23.0. The number of aliphatic hydroxyl groups excluding tert-OH is 1. The Morgan fingerprint density at radius 3 is 2.38 bits per heavy atom. The number of ether oxygens (including phenoxy) is 1. The van der Waals surface area contributed by atoms with Gasteiger partial charge in [0.2, 0.25) is 10.0 Å². The van der Waals surface area contributed by atoms with E-state index in [-0.39, 0.29) is 29.5 Å². The van der Waals surface area contributed by atoms with Crippen molar-refractivity contribution in [3.63, 3.8) is 0 Å². The predicted octanol–water partition coefficient (Wildman–Crippen LogP) is 3.34. The molecule has 0 bridgehead atoms. The second-order valence-electron chi connectivity index (χ2n) is 8.49. The number of fused-ring (bicyclic) bond motifs is 1. The second-order valence-corrected chi connectivity index (χ2v) is 10.4. The molecule has 2 saturated heterocycles. The van der Waals surface area contributed by atoms with E-state index in [0.29, 0.717) is 18.8 Å². The minimum absolute atomic E-state index is 0.0243. The normalized spacial score (nSPS) is 25.0. The number of benzene rings is 2. The second kappa shape index (κ2) is 9.75. The van der Waals surface area contributed by atoms with E-state index in [9.17, 15) is 13.5 Å². The summed E-state index contributed by atoms with van der Waals surface area (Å²) in [5, 5.41) is 10.1. The Hall–Kier alpha value is -2.19. The Morgan fingerprint density at radius 2 is 1.75 bits per heavy atom. The van der Waals surface area contributed by atoms with Crippen LogP contribution in [0.15, 0.2) is 59.5 Å². The summed E-state index contributed by atoms with van der Waals surface area (Å²) in [5.41, 5.74) is 2.29. The Balaban J connectivity index is 1.61. The monoisotopic (exact) mass is 456 g/mol. The Labute approximate surface area is 191 Å². The van der Waals surface area contributed by atoms with E-state index in [1.54, 1.807) is 35.7 Å². The van der Waals surface area contributed by atoms with E-state index in [1.165, 1.54) is 0 Å². The molecule has 4 rings (SSSR count). The van der Waals surface area contributed by atoms with Crippen molar-refractivity contribution in [1.29, 1.82) is 0 Å². The van der Waals surface area contributed by atoms with Crippen LogP contribution < -0.4 is 4.74 Å². The van der Waals surface area contributed by atoms with E-state index in [0.717, 1.165) is 30.5 Å². The fraction of sp³-hybridized carbons (Fsp3) is 0.440. The first-order chi connectivity index (χ1) is 15.5. The summed E-state index contributed by atoms with van der Waals surface area (Å²) in [6.07, 6.45) is 5.78. The first-order valence-electron chi connectivity index (χ1n) is 11.2. The maximum absolute atomic E-state index is 13.4. The smallest absolute Gasteiger partial charge is 0.243 e. The fourth-order valence-electron chi connectivity index (χ4n) is 5.05. The number of allylic oxidation sites excluding steroid dienone is 1. The van der Waals surface area contributed by atoms with Crippen LogP contribution in [0.3, 0.4) is 0 Å². The minimum atomic E-state index is -3.61. The van der Waals surface area contributed by atoms with Gasteiger partial charge in [-0.15, -0.1) is 0 Å². The average molecular weight is 457 g/mol. The molecule has 0 aliphatic carbocycles. The molecule has 7 heteroatoms. The lowest BCUT2D eigenvalue weighted by Crippen LogP contribution is -2.67. The molecular formula is C25H32N2O4S. The average Bonchev–Trinajstić information content (AvgIpc) is 2.79. The number of methoxy groups -OCH3 is 1. The quantitative estimate of drug-likeness (QED) is 0.722. The standard InChI is InChI=1S/C25H32N2O4S/c1-3-6-19-7-9-20(10-8-19)25-23-17-26(15-4-5-16-27(23)24(25)18-28)32(29,30)22-13-11-21(31-2)12-14-22/h3,6-14,23-25,28H,4-5,15-18H2,1-2H3/b6-3+/t23-,24-,25+/m1/s1. The van der Waals surface area contributed by atoms with Crippen molar-refractivity contribution in [1.82, 2.24) is 9.21 Å². The zero-order valence-electron chi connectivity index (χ0n) is 18.7. The molecule has 172 valence electrons. The number of rotatable bonds is 6. The van der Waals surface area contributed by atoms with E-state index in [4.69, 9.17) is 4.74 Å². The summed E-state index contributed by atoms with van der Waals surface area (Å²) in [6.45, 7) is 3.88. The van der Waals surface area contributed by atoms with E-state index >= 15 is 0 Å². The van der Waals surface area contributed by atoms with Crippen LogP contribution in [0.5, 0.6) is 5.75 Å². The molecule has 3 atom stereocenters. The maximum Gasteiger partial charge on any atom is 0.243 e. The van der Waals surface area contributed by atoms with Gasteiger partial charge in [-0.05, 0) is 61.7 Å². The van der Waals surface area contributed by atoms with Crippen LogP contribution in [0.2, 0.25) is 0 Å². The van der Waals surface area contributed by atoms with Crippen LogP contribution in [-0.4, -0.2) is 68.2 Å². The topological polar surface area (TPSA) is 70.1 Å². The Morgan fingerprint density at radius 1 is 1.06 bits per heavy atom. The maximum atomic E-state index is 13.4. The summed E-state index contributed by atoms with van der Waals surface area (Å²) in [6, 6.07) is 15.1. The molecule has 2 aliphatic rings. The molecule has 32 heavy (non-hydrogen) atoms. The van der Waals surface area contributed by atoms with Gasteiger partial charge >= 0.3 is 0 Å². The molecule has 2 aromatic rings. The van der Waals surface area contributed by atoms with Gasteiger partial charge in [0.15, 0.2) is 0 Å². The molecule has 0 aromatic heterocycles. The molecule has 0 unspecified atom stereocenters. The first-order valence-corrected chi connectivity index (χ1v) is 12.7. The van der Waals surface area contributed by atoms with Gasteiger partial charge in [-0.25, -0.2) is 8.42 Å². The van der Waals surface area contributed by atoms with E-state index < -0.39 is 10.0 Å². The van der Waals surface area contributed by atoms with E-state index in [1.807, 2.05) is 13.0 Å². The molecule has 0 saturated carbocycles. The Bertz CT molecular complexity index is 1030. The highest BCUT2D eigenvalue weighted by Crippen LogP contribution is 2.42. The van der Waals surface area contributed by atoms with Gasteiger partial charge in [0, 0.05) is 31.1 Å². The zero-order chi connectivity index (χ0) is 22.7. The third kappa shape index (κ3) is 4.35. The summed E-state index contributed by atoms with van der Waals surface area (Å²) in [7, 11) is -2.05. The van der Waals surface area contributed by atoms with Crippen LogP contribution in [0.4, 0.5) is 0 Å². The molecule has 0 amide bonds. The highest BCUT2D eigenvalue weighted by molar-refractivity contribution is 7.89. The van der Waals surface area contributed by atoms with Crippen LogP contribution in [0.25, 0.3) is 6.08 Å². The number of hydrogen-bond acceptors (Lipinski definition) is 5. The molecule has 2 aromatic carbocycles.